The third kappa shape index (κ3) is 2.87. The molecule has 100 valence electrons. The summed E-state index contributed by atoms with van der Waals surface area (Å²) in [5.41, 5.74) is 1.61. The average molecular weight is 280 g/mol. The first kappa shape index (κ1) is 13.4. The smallest absolute Gasteiger partial charge is 0.335 e. The number of nitrogens with zero attached hydrogens (tertiary/aromatic N) is 2. The van der Waals surface area contributed by atoms with Gasteiger partial charge in [-0.25, -0.2) is 9.78 Å². The highest BCUT2D eigenvalue weighted by molar-refractivity contribution is 7.99. The molecule has 0 saturated carbocycles. The van der Waals surface area contributed by atoms with Gasteiger partial charge >= 0.3 is 11.9 Å². The van der Waals surface area contributed by atoms with E-state index < -0.39 is 11.9 Å². The molecular weight excluding hydrogens is 268 g/mol. The zero-order valence-corrected chi connectivity index (χ0v) is 11.0. The van der Waals surface area contributed by atoms with Crippen molar-refractivity contribution in [2.45, 2.75) is 11.6 Å². The Morgan fingerprint density at radius 3 is 2.74 bits per heavy atom. The number of hydrogen-bond acceptors (Lipinski definition) is 4. The Morgan fingerprint density at radius 2 is 2.11 bits per heavy atom. The number of carboxylic acids is 2. The van der Waals surface area contributed by atoms with Crippen molar-refractivity contribution in [3.8, 4) is 0 Å². The molecule has 0 atom stereocenters. The molecule has 19 heavy (non-hydrogen) atoms. The van der Waals surface area contributed by atoms with E-state index in [4.69, 9.17) is 10.2 Å². The summed E-state index contributed by atoms with van der Waals surface area (Å²) in [5.74, 6) is -1.41. The number of hydrogen-bond donors (Lipinski definition) is 2. The molecule has 0 fully saturated rings. The molecule has 0 aliphatic heterocycles. The van der Waals surface area contributed by atoms with Crippen molar-refractivity contribution in [1.29, 1.82) is 0 Å². The van der Waals surface area contributed by atoms with Gasteiger partial charge in [-0.3, -0.25) is 4.79 Å². The number of fused-ring (bicyclic) bond motifs is 1. The number of aliphatic carboxylic acids is 1. The number of aromatic carboxylic acids is 1. The fraction of sp³-hybridized carbons (Fsp3) is 0.250. The van der Waals surface area contributed by atoms with Crippen LogP contribution in [0.25, 0.3) is 11.0 Å². The minimum atomic E-state index is -0.993. The average Bonchev–Trinajstić information content (AvgIpc) is 2.65. The van der Waals surface area contributed by atoms with E-state index in [1.165, 1.54) is 23.9 Å². The van der Waals surface area contributed by atoms with Crippen molar-refractivity contribution in [2.24, 2.45) is 7.05 Å². The van der Waals surface area contributed by atoms with Crippen LogP contribution in [-0.2, 0) is 11.8 Å². The normalized spacial score (nSPS) is 10.8. The van der Waals surface area contributed by atoms with Crippen molar-refractivity contribution in [1.82, 2.24) is 9.55 Å². The molecule has 1 aromatic carbocycles. The Kier molecular flexibility index (Phi) is 3.75. The second-order valence-corrected chi connectivity index (χ2v) is 5.02. The van der Waals surface area contributed by atoms with Crippen LogP contribution in [0.3, 0.4) is 0 Å². The van der Waals surface area contributed by atoms with E-state index in [2.05, 4.69) is 4.98 Å². The number of rotatable bonds is 5. The summed E-state index contributed by atoms with van der Waals surface area (Å²) < 4.78 is 1.83. The quantitative estimate of drug-likeness (QED) is 0.812. The summed E-state index contributed by atoms with van der Waals surface area (Å²) in [4.78, 5) is 25.7. The Bertz CT molecular complexity index is 650. The first-order valence-electron chi connectivity index (χ1n) is 5.53. The van der Waals surface area contributed by atoms with E-state index >= 15 is 0 Å². The fourth-order valence-electron chi connectivity index (χ4n) is 1.67. The lowest BCUT2D eigenvalue weighted by Crippen LogP contribution is -1.98. The van der Waals surface area contributed by atoms with Crippen LogP contribution < -0.4 is 0 Å². The molecule has 2 rings (SSSR count). The molecule has 2 aromatic rings. The van der Waals surface area contributed by atoms with Gasteiger partial charge in [-0.05, 0) is 18.2 Å². The number of benzene rings is 1. The monoisotopic (exact) mass is 280 g/mol. The second kappa shape index (κ2) is 5.31. The molecule has 0 spiro atoms. The zero-order valence-electron chi connectivity index (χ0n) is 10.2. The summed E-state index contributed by atoms with van der Waals surface area (Å²) >= 11 is 1.34. The SMILES string of the molecule is Cn1c(SCCC(=O)O)nc2cc(C(=O)O)ccc21. The number of aromatic nitrogens is 2. The molecule has 1 aromatic heterocycles. The zero-order chi connectivity index (χ0) is 14.0. The lowest BCUT2D eigenvalue weighted by atomic mass is 10.2. The molecule has 2 N–H and O–H groups in total. The van der Waals surface area contributed by atoms with Crippen LogP contribution in [0.5, 0.6) is 0 Å². The molecule has 0 aliphatic carbocycles. The van der Waals surface area contributed by atoms with Crippen LogP contribution >= 0.6 is 11.8 Å². The number of aryl methyl sites for hydroxylation is 1. The number of thioether (sulfide) groups is 1. The molecule has 1 heterocycles. The predicted octanol–water partition coefficient (Wildman–Crippen LogP) is 1.84. The maximum absolute atomic E-state index is 10.9. The molecule has 0 bridgehead atoms. The predicted molar refractivity (Wildman–Crippen MR) is 70.7 cm³/mol. The van der Waals surface area contributed by atoms with Gasteiger partial charge in [0.2, 0.25) is 0 Å². The van der Waals surface area contributed by atoms with Gasteiger partial charge in [-0.2, -0.15) is 0 Å². The molecule has 0 radical (unpaired) electrons. The van der Waals surface area contributed by atoms with E-state index in [0.717, 1.165) is 5.52 Å². The Morgan fingerprint density at radius 1 is 1.37 bits per heavy atom. The topological polar surface area (TPSA) is 92.4 Å². The summed E-state index contributed by atoms with van der Waals surface area (Å²) in [7, 11) is 1.82. The molecule has 0 saturated heterocycles. The summed E-state index contributed by atoms with van der Waals surface area (Å²) in [6.45, 7) is 0. The second-order valence-electron chi connectivity index (χ2n) is 3.95. The maximum atomic E-state index is 10.9. The summed E-state index contributed by atoms with van der Waals surface area (Å²) in [5, 5.41) is 18.2. The van der Waals surface area contributed by atoms with Crippen molar-refractivity contribution in [3.05, 3.63) is 23.8 Å². The third-order valence-electron chi connectivity index (χ3n) is 2.63. The summed E-state index contributed by atoms with van der Waals surface area (Å²) in [6.07, 6.45) is 0.0637. The lowest BCUT2D eigenvalue weighted by molar-refractivity contribution is -0.136. The molecule has 0 amide bonds. The largest absolute Gasteiger partial charge is 0.481 e. The van der Waals surface area contributed by atoms with Crippen LogP contribution in [0.15, 0.2) is 23.4 Å². The minimum Gasteiger partial charge on any atom is -0.481 e. The van der Waals surface area contributed by atoms with Gasteiger partial charge in [0.05, 0.1) is 23.0 Å². The van der Waals surface area contributed by atoms with Crippen LogP contribution in [0.2, 0.25) is 0 Å². The van der Waals surface area contributed by atoms with E-state index in [1.807, 2.05) is 11.6 Å². The van der Waals surface area contributed by atoms with Crippen molar-refractivity contribution in [2.75, 3.05) is 5.75 Å². The van der Waals surface area contributed by atoms with Gasteiger partial charge in [-0.1, -0.05) is 11.8 Å². The van der Waals surface area contributed by atoms with E-state index in [0.29, 0.717) is 16.4 Å². The van der Waals surface area contributed by atoms with Crippen LogP contribution in [-0.4, -0.2) is 37.5 Å². The van der Waals surface area contributed by atoms with E-state index in [9.17, 15) is 9.59 Å². The van der Waals surface area contributed by atoms with Crippen LogP contribution in [0.1, 0.15) is 16.8 Å². The number of carbonyl (C=O) groups is 2. The lowest BCUT2D eigenvalue weighted by Gasteiger charge is -2.00. The van der Waals surface area contributed by atoms with Crippen molar-refractivity contribution >= 4 is 34.7 Å². The van der Waals surface area contributed by atoms with Crippen LogP contribution in [0.4, 0.5) is 0 Å². The third-order valence-corrected chi connectivity index (χ3v) is 3.67. The number of imidazole rings is 1. The number of carboxylic acid groups (broad SMARTS) is 2. The van der Waals surface area contributed by atoms with Crippen molar-refractivity contribution in [3.63, 3.8) is 0 Å². The highest BCUT2D eigenvalue weighted by Gasteiger charge is 2.11. The Hall–Kier alpha value is -2.02. The van der Waals surface area contributed by atoms with Gasteiger partial charge in [-0.15, -0.1) is 0 Å². The van der Waals surface area contributed by atoms with Gasteiger partial charge in [0.25, 0.3) is 0 Å². The van der Waals surface area contributed by atoms with Crippen LogP contribution in [0, 0.1) is 0 Å². The van der Waals surface area contributed by atoms with Gasteiger partial charge in [0.15, 0.2) is 5.16 Å². The maximum Gasteiger partial charge on any atom is 0.335 e. The first-order chi connectivity index (χ1) is 8.99. The summed E-state index contributed by atoms with van der Waals surface area (Å²) in [6, 6.07) is 4.74. The highest BCUT2D eigenvalue weighted by atomic mass is 32.2. The van der Waals surface area contributed by atoms with E-state index in [-0.39, 0.29) is 12.0 Å². The van der Waals surface area contributed by atoms with Crippen molar-refractivity contribution < 1.29 is 19.8 Å². The van der Waals surface area contributed by atoms with Gasteiger partial charge in [0, 0.05) is 12.8 Å². The molecule has 0 unspecified atom stereocenters. The fourth-order valence-corrected chi connectivity index (χ4v) is 2.58. The molecule has 7 heteroatoms. The standard InChI is InChI=1S/C12H12N2O4S/c1-14-9-3-2-7(11(17)18)6-8(9)13-12(14)19-5-4-10(15)16/h2-3,6H,4-5H2,1H3,(H,15,16)(H,17,18). The van der Waals surface area contributed by atoms with E-state index in [1.54, 1.807) is 6.07 Å². The minimum absolute atomic E-state index is 0.0637. The highest BCUT2D eigenvalue weighted by Crippen LogP contribution is 2.24. The van der Waals surface area contributed by atoms with Gasteiger partial charge in [0.1, 0.15) is 0 Å². The Balaban J connectivity index is 2.28. The first-order valence-corrected chi connectivity index (χ1v) is 6.52. The Labute approximate surface area is 113 Å². The van der Waals surface area contributed by atoms with Gasteiger partial charge < -0.3 is 14.8 Å². The molecule has 6 nitrogen and oxygen atoms in total. The molecular formula is C12H12N2O4S. The molecule has 0 aliphatic rings.